The van der Waals surface area contributed by atoms with Crippen LogP contribution in [0.5, 0.6) is 11.5 Å². The largest absolute Gasteiger partial charge is 0.494 e. The number of ether oxygens (including phenoxy) is 4. The van der Waals surface area contributed by atoms with E-state index in [9.17, 15) is 14.4 Å². The molecule has 7 nitrogen and oxygen atoms in total. The molecule has 7 heteroatoms. The molecular formula is C47H72O7. The molecule has 0 radical (unpaired) electrons. The highest BCUT2D eigenvalue weighted by atomic mass is 16.6. The van der Waals surface area contributed by atoms with Gasteiger partial charge in [-0.3, -0.25) is 4.79 Å². The van der Waals surface area contributed by atoms with Crippen LogP contribution in [0.2, 0.25) is 0 Å². The van der Waals surface area contributed by atoms with E-state index in [0.717, 1.165) is 69.5 Å². The van der Waals surface area contributed by atoms with Gasteiger partial charge in [-0.05, 0) is 140 Å². The molecule has 0 spiro atoms. The van der Waals surface area contributed by atoms with Gasteiger partial charge in [-0.1, -0.05) is 90.8 Å². The van der Waals surface area contributed by atoms with E-state index >= 15 is 0 Å². The van der Waals surface area contributed by atoms with Crippen molar-refractivity contribution in [2.45, 2.75) is 182 Å². The van der Waals surface area contributed by atoms with Crippen LogP contribution in [0.1, 0.15) is 186 Å². The van der Waals surface area contributed by atoms with Gasteiger partial charge in [0.25, 0.3) is 0 Å². The number of carbonyl (C=O) groups excluding carboxylic acids is 3. The van der Waals surface area contributed by atoms with Crippen LogP contribution in [-0.4, -0.2) is 35.7 Å². The number of carbonyl (C=O) groups is 3. The molecule has 0 N–H and O–H groups in total. The van der Waals surface area contributed by atoms with Crippen molar-refractivity contribution >= 4 is 17.9 Å². The van der Waals surface area contributed by atoms with Crippen molar-refractivity contribution < 1.29 is 33.3 Å². The lowest BCUT2D eigenvalue weighted by Crippen LogP contribution is -2.28. The maximum Gasteiger partial charge on any atom is 0.343 e. The highest BCUT2D eigenvalue weighted by Gasteiger charge is 2.24. The third-order valence-corrected chi connectivity index (χ3v) is 10.3. The second-order valence-electron chi connectivity index (χ2n) is 16.5. The third kappa shape index (κ3) is 19.6. The summed E-state index contributed by atoms with van der Waals surface area (Å²) in [5, 5.41) is 0. The van der Waals surface area contributed by atoms with E-state index in [-0.39, 0.29) is 17.9 Å². The third-order valence-electron chi connectivity index (χ3n) is 10.3. The van der Waals surface area contributed by atoms with E-state index in [4.69, 9.17) is 18.9 Å². The fraction of sp³-hybridized carbons (Fsp3) is 0.638. The molecule has 302 valence electrons. The first-order valence-electron chi connectivity index (χ1n) is 20.8. The van der Waals surface area contributed by atoms with E-state index in [0.29, 0.717) is 35.8 Å². The van der Waals surface area contributed by atoms with Crippen LogP contribution in [0.3, 0.4) is 0 Å². The molecule has 54 heavy (non-hydrogen) atoms. The topological polar surface area (TPSA) is 88.1 Å². The first-order valence-corrected chi connectivity index (χ1v) is 20.8. The van der Waals surface area contributed by atoms with Gasteiger partial charge in [0.1, 0.15) is 22.7 Å². The molecule has 0 aliphatic carbocycles. The molecule has 0 aromatic heterocycles. The molecule has 0 saturated carbocycles. The Morgan fingerprint density at radius 2 is 1.28 bits per heavy atom. The van der Waals surface area contributed by atoms with E-state index in [1.165, 1.54) is 50.5 Å². The van der Waals surface area contributed by atoms with Crippen molar-refractivity contribution in [3.8, 4) is 11.5 Å². The first kappa shape index (κ1) is 46.5. The average molecular weight is 749 g/mol. The van der Waals surface area contributed by atoms with Gasteiger partial charge in [0.2, 0.25) is 0 Å². The minimum Gasteiger partial charge on any atom is -0.494 e. The summed E-state index contributed by atoms with van der Waals surface area (Å²) in [6, 6.07) is 15.1. The Bertz CT molecular complexity index is 1390. The molecule has 0 saturated heterocycles. The van der Waals surface area contributed by atoms with Gasteiger partial charge >= 0.3 is 17.9 Å². The van der Waals surface area contributed by atoms with E-state index in [2.05, 4.69) is 39.5 Å². The van der Waals surface area contributed by atoms with Gasteiger partial charge in [0.15, 0.2) is 0 Å². The van der Waals surface area contributed by atoms with E-state index in [1.807, 2.05) is 52.0 Å². The minimum atomic E-state index is -0.549. The Hall–Kier alpha value is -3.61. The van der Waals surface area contributed by atoms with E-state index < -0.39 is 11.2 Å². The van der Waals surface area contributed by atoms with Crippen LogP contribution in [-0.2, 0) is 19.1 Å². The Kier molecular flexibility index (Phi) is 21.3. The normalized spacial score (nSPS) is 12.8. The molecule has 0 bridgehead atoms. The fourth-order valence-electron chi connectivity index (χ4n) is 6.60. The summed E-state index contributed by atoms with van der Waals surface area (Å²) in [6.45, 7) is 20.5. The number of hydrogen-bond acceptors (Lipinski definition) is 7. The summed E-state index contributed by atoms with van der Waals surface area (Å²) in [5.74, 6) is 1.66. The van der Waals surface area contributed by atoms with Crippen molar-refractivity contribution in [2.75, 3.05) is 6.61 Å². The molecule has 2 aromatic carbocycles. The molecule has 0 aliphatic rings. The SMILES string of the molecule is C=C(C)C(=O)OC(C)(C)CCCCCC(=O)OC(C)(C)CCCCCCOc1ccc(C(=O)Oc2ccc(C(C)CCC(CC)CCCCC)cc2)cc1. The molecule has 0 aliphatic heterocycles. The predicted octanol–water partition coefficient (Wildman–Crippen LogP) is 12.9. The first-order chi connectivity index (χ1) is 25.6. The Morgan fingerprint density at radius 3 is 1.89 bits per heavy atom. The molecule has 2 atom stereocenters. The summed E-state index contributed by atoms with van der Waals surface area (Å²) >= 11 is 0. The Balaban J connectivity index is 1.59. The monoisotopic (exact) mass is 749 g/mol. The van der Waals surface area contributed by atoms with Crippen molar-refractivity contribution in [1.29, 1.82) is 0 Å². The molecule has 2 aromatic rings. The summed E-state index contributed by atoms with van der Waals surface area (Å²) in [6.07, 6.45) is 17.3. The van der Waals surface area contributed by atoms with Gasteiger partial charge in [0.05, 0.1) is 12.2 Å². The summed E-state index contributed by atoms with van der Waals surface area (Å²) < 4.78 is 22.8. The van der Waals surface area contributed by atoms with Crippen LogP contribution < -0.4 is 9.47 Å². The van der Waals surface area contributed by atoms with Crippen LogP contribution in [0.25, 0.3) is 0 Å². The van der Waals surface area contributed by atoms with Gasteiger partial charge in [0, 0.05) is 12.0 Å². The van der Waals surface area contributed by atoms with Crippen molar-refractivity contribution in [3.05, 3.63) is 71.8 Å². The number of unbranched alkanes of at least 4 members (excludes halogenated alkanes) is 7. The van der Waals surface area contributed by atoms with Crippen LogP contribution in [0.4, 0.5) is 0 Å². The summed E-state index contributed by atoms with van der Waals surface area (Å²) in [5.41, 5.74) is 1.12. The van der Waals surface area contributed by atoms with Gasteiger partial charge in [-0.15, -0.1) is 0 Å². The summed E-state index contributed by atoms with van der Waals surface area (Å²) in [4.78, 5) is 37.0. The maximum absolute atomic E-state index is 12.8. The zero-order valence-electron chi connectivity index (χ0n) is 35.1. The van der Waals surface area contributed by atoms with Crippen molar-refractivity contribution in [2.24, 2.45) is 5.92 Å². The molecular weight excluding hydrogens is 677 g/mol. The maximum atomic E-state index is 12.8. The number of rotatable bonds is 28. The smallest absolute Gasteiger partial charge is 0.343 e. The lowest BCUT2D eigenvalue weighted by Gasteiger charge is -2.26. The van der Waals surface area contributed by atoms with Crippen LogP contribution >= 0.6 is 0 Å². The Morgan fingerprint density at radius 1 is 0.685 bits per heavy atom. The molecule has 2 unspecified atom stereocenters. The molecule has 0 amide bonds. The fourth-order valence-corrected chi connectivity index (χ4v) is 6.60. The highest BCUT2D eigenvalue weighted by molar-refractivity contribution is 5.91. The van der Waals surface area contributed by atoms with Crippen molar-refractivity contribution in [3.63, 3.8) is 0 Å². The predicted molar refractivity (Wildman–Crippen MR) is 220 cm³/mol. The number of benzene rings is 2. The Labute approximate surface area is 328 Å². The van der Waals surface area contributed by atoms with Crippen LogP contribution in [0.15, 0.2) is 60.7 Å². The van der Waals surface area contributed by atoms with E-state index in [1.54, 1.807) is 19.1 Å². The lowest BCUT2D eigenvalue weighted by molar-refractivity contribution is -0.157. The standard InChI is InChI=1S/C47H72O7/c1-10-12-16-21-38(11-2)24-23-37(5)39-25-31-42(32-26-39)52-45(50)40-27-29-41(30-28-40)51-35-20-14-13-18-33-46(6,7)53-43(48)22-17-15-19-34-47(8,9)54-44(49)36(3)4/h25-32,37-38H,3,10-24,33-35H2,1-2,4-9H3. The quantitative estimate of drug-likeness (QED) is 0.0370. The van der Waals surface area contributed by atoms with Crippen molar-refractivity contribution in [1.82, 2.24) is 0 Å². The van der Waals surface area contributed by atoms with Gasteiger partial charge < -0.3 is 18.9 Å². The molecule has 0 fully saturated rings. The minimum absolute atomic E-state index is 0.164. The molecule has 0 heterocycles. The number of hydrogen-bond donors (Lipinski definition) is 0. The van der Waals surface area contributed by atoms with Gasteiger partial charge in [-0.25, -0.2) is 9.59 Å². The zero-order chi connectivity index (χ0) is 40.0. The van der Waals surface area contributed by atoms with Gasteiger partial charge in [-0.2, -0.15) is 0 Å². The van der Waals surface area contributed by atoms with Crippen LogP contribution in [0, 0.1) is 5.92 Å². The average Bonchev–Trinajstić information content (AvgIpc) is 3.12. The second kappa shape index (κ2) is 24.7. The summed E-state index contributed by atoms with van der Waals surface area (Å²) in [7, 11) is 0. The highest BCUT2D eigenvalue weighted by Crippen LogP contribution is 2.29. The lowest BCUT2D eigenvalue weighted by atomic mass is 9.88. The zero-order valence-corrected chi connectivity index (χ0v) is 35.1. The number of esters is 3. The second-order valence-corrected chi connectivity index (χ2v) is 16.5. The molecule has 2 rings (SSSR count).